The molecule has 4 heteroatoms. The van der Waals surface area contributed by atoms with Crippen LogP contribution in [-0.4, -0.2) is 9.91 Å². The second-order valence-electron chi connectivity index (χ2n) is 4.17. The molecule has 0 bridgehead atoms. The molecule has 2 aromatic carbocycles. The molecule has 0 amide bonds. The van der Waals surface area contributed by atoms with Crippen molar-refractivity contribution < 1.29 is 4.92 Å². The van der Waals surface area contributed by atoms with Gasteiger partial charge in [-0.3, -0.25) is 10.1 Å². The summed E-state index contributed by atoms with van der Waals surface area (Å²) >= 11 is 0. The minimum absolute atomic E-state index is 0.0875. The Morgan fingerprint density at radius 2 is 1.63 bits per heavy atom. The standard InChI is InChI=1S/C15H10N2O2/c18-17(19)15-10-14(11-6-2-1-3-7-11)16-13-9-5-4-8-12(13)15/h1-10H. The fourth-order valence-corrected chi connectivity index (χ4v) is 2.06. The van der Waals surface area contributed by atoms with Gasteiger partial charge in [0.2, 0.25) is 0 Å². The van der Waals surface area contributed by atoms with Crippen molar-refractivity contribution in [3.63, 3.8) is 0 Å². The van der Waals surface area contributed by atoms with E-state index in [0.717, 1.165) is 5.56 Å². The fraction of sp³-hybridized carbons (Fsp3) is 0. The number of nitrogens with zero attached hydrogens (tertiary/aromatic N) is 2. The third-order valence-electron chi connectivity index (χ3n) is 2.96. The van der Waals surface area contributed by atoms with Gasteiger partial charge >= 0.3 is 0 Å². The number of benzene rings is 2. The monoisotopic (exact) mass is 250 g/mol. The van der Waals surface area contributed by atoms with Crippen molar-refractivity contribution in [3.8, 4) is 11.3 Å². The van der Waals surface area contributed by atoms with Crippen LogP contribution in [0.25, 0.3) is 22.2 Å². The van der Waals surface area contributed by atoms with Crippen molar-refractivity contribution in [3.05, 3.63) is 70.8 Å². The van der Waals surface area contributed by atoms with Crippen molar-refractivity contribution in [2.24, 2.45) is 0 Å². The minimum atomic E-state index is -0.365. The van der Waals surface area contributed by atoms with Crippen LogP contribution in [-0.2, 0) is 0 Å². The van der Waals surface area contributed by atoms with Crippen molar-refractivity contribution in [1.29, 1.82) is 0 Å². The van der Waals surface area contributed by atoms with Crippen LogP contribution in [0.5, 0.6) is 0 Å². The van der Waals surface area contributed by atoms with E-state index in [0.29, 0.717) is 16.6 Å². The molecule has 0 saturated carbocycles. The highest BCUT2D eigenvalue weighted by atomic mass is 16.6. The number of nitro groups is 1. The highest BCUT2D eigenvalue weighted by Gasteiger charge is 2.15. The Morgan fingerprint density at radius 1 is 0.947 bits per heavy atom. The van der Waals surface area contributed by atoms with E-state index in [-0.39, 0.29) is 10.6 Å². The molecule has 0 unspecified atom stereocenters. The number of para-hydroxylation sites is 1. The molecule has 3 aromatic rings. The highest BCUT2D eigenvalue weighted by Crippen LogP contribution is 2.29. The van der Waals surface area contributed by atoms with Crippen LogP contribution in [0.15, 0.2) is 60.7 Å². The molecule has 1 aromatic heterocycles. The first kappa shape index (κ1) is 11.3. The Balaban J connectivity index is 2.31. The first-order chi connectivity index (χ1) is 9.25. The fourth-order valence-electron chi connectivity index (χ4n) is 2.06. The number of pyridine rings is 1. The summed E-state index contributed by atoms with van der Waals surface area (Å²) in [4.78, 5) is 15.3. The van der Waals surface area contributed by atoms with Gasteiger partial charge in [-0.1, -0.05) is 42.5 Å². The van der Waals surface area contributed by atoms with E-state index >= 15 is 0 Å². The Morgan fingerprint density at radius 3 is 2.37 bits per heavy atom. The highest BCUT2D eigenvalue weighted by molar-refractivity contribution is 5.90. The molecule has 19 heavy (non-hydrogen) atoms. The summed E-state index contributed by atoms with van der Waals surface area (Å²) in [7, 11) is 0. The van der Waals surface area contributed by atoms with Crippen molar-refractivity contribution in [2.75, 3.05) is 0 Å². The largest absolute Gasteiger partial charge is 0.280 e. The second-order valence-corrected chi connectivity index (χ2v) is 4.17. The van der Waals surface area contributed by atoms with E-state index in [1.807, 2.05) is 36.4 Å². The molecular formula is C15H10N2O2. The molecular weight excluding hydrogens is 240 g/mol. The second kappa shape index (κ2) is 4.49. The normalized spacial score (nSPS) is 10.5. The number of rotatable bonds is 2. The maximum Gasteiger partial charge on any atom is 0.280 e. The summed E-state index contributed by atoms with van der Waals surface area (Å²) in [6, 6.07) is 18.1. The molecule has 3 rings (SSSR count). The number of hydrogen-bond donors (Lipinski definition) is 0. The Hall–Kier alpha value is -2.75. The van der Waals surface area contributed by atoms with Gasteiger partial charge in [-0.15, -0.1) is 0 Å². The lowest BCUT2D eigenvalue weighted by atomic mass is 10.1. The van der Waals surface area contributed by atoms with Crippen molar-refractivity contribution in [1.82, 2.24) is 4.98 Å². The summed E-state index contributed by atoms with van der Waals surface area (Å²) in [5.74, 6) is 0. The van der Waals surface area contributed by atoms with Crippen LogP contribution in [0.3, 0.4) is 0 Å². The van der Waals surface area contributed by atoms with E-state index < -0.39 is 0 Å². The molecule has 92 valence electrons. The number of hydrogen-bond acceptors (Lipinski definition) is 3. The minimum Gasteiger partial charge on any atom is -0.258 e. The van der Waals surface area contributed by atoms with Gasteiger partial charge in [0.25, 0.3) is 5.69 Å². The number of fused-ring (bicyclic) bond motifs is 1. The summed E-state index contributed by atoms with van der Waals surface area (Å²) in [5, 5.41) is 11.7. The third kappa shape index (κ3) is 2.04. The topological polar surface area (TPSA) is 56.0 Å². The zero-order valence-electron chi connectivity index (χ0n) is 9.98. The van der Waals surface area contributed by atoms with Crippen LogP contribution >= 0.6 is 0 Å². The molecule has 0 spiro atoms. The van der Waals surface area contributed by atoms with Gasteiger partial charge < -0.3 is 0 Å². The van der Waals surface area contributed by atoms with Crippen LogP contribution < -0.4 is 0 Å². The van der Waals surface area contributed by atoms with Crippen LogP contribution in [0, 0.1) is 10.1 Å². The molecule has 0 aliphatic heterocycles. The average Bonchev–Trinajstić information content (AvgIpc) is 2.47. The molecule has 1 heterocycles. The predicted molar refractivity (Wildman–Crippen MR) is 73.8 cm³/mol. The summed E-state index contributed by atoms with van der Waals surface area (Å²) in [5.41, 5.74) is 2.21. The van der Waals surface area contributed by atoms with Crippen LogP contribution in [0.4, 0.5) is 5.69 Å². The summed E-state index contributed by atoms with van der Waals surface area (Å²) in [6.07, 6.45) is 0. The summed E-state index contributed by atoms with van der Waals surface area (Å²) in [6.45, 7) is 0. The summed E-state index contributed by atoms with van der Waals surface area (Å²) < 4.78 is 0. The zero-order chi connectivity index (χ0) is 13.2. The van der Waals surface area contributed by atoms with E-state index in [1.54, 1.807) is 18.2 Å². The maximum absolute atomic E-state index is 11.2. The van der Waals surface area contributed by atoms with E-state index in [4.69, 9.17) is 0 Å². The van der Waals surface area contributed by atoms with E-state index in [1.165, 1.54) is 6.07 Å². The molecule has 0 radical (unpaired) electrons. The lowest BCUT2D eigenvalue weighted by Gasteiger charge is -2.04. The lowest BCUT2D eigenvalue weighted by Crippen LogP contribution is -1.93. The molecule has 0 saturated heterocycles. The van der Waals surface area contributed by atoms with Gasteiger partial charge in [-0.2, -0.15) is 0 Å². The molecule has 0 aliphatic carbocycles. The van der Waals surface area contributed by atoms with Crippen LogP contribution in [0.1, 0.15) is 0 Å². The molecule has 0 aliphatic rings. The first-order valence-electron chi connectivity index (χ1n) is 5.85. The number of aromatic nitrogens is 1. The lowest BCUT2D eigenvalue weighted by molar-refractivity contribution is -0.383. The van der Waals surface area contributed by atoms with E-state index in [2.05, 4.69) is 4.98 Å². The Kier molecular flexibility index (Phi) is 2.68. The predicted octanol–water partition coefficient (Wildman–Crippen LogP) is 3.81. The van der Waals surface area contributed by atoms with Gasteiger partial charge in [0, 0.05) is 11.6 Å². The van der Waals surface area contributed by atoms with Crippen LogP contribution in [0.2, 0.25) is 0 Å². The maximum atomic E-state index is 11.2. The zero-order valence-corrected chi connectivity index (χ0v) is 9.98. The van der Waals surface area contributed by atoms with Crippen molar-refractivity contribution in [2.45, 2.75) is 0 Å². The van der Waals surface area contributed by atoms with Gasteiger partial charge in [-0.25, -0.2) is 4.98 Å². The smallest absolute Gasteiger partial charge is 0.258 e. The molecule has 0 N–H and O–H groups in total. The van der Waals surface area contributed by atoms with Crippen molar-refractivity contribution >= 4 is 16.6 Å². The first-order valence-corrected chi connectivity index (χ1v) is 5.85. The van der Waals surface area contributed by atoms with E-state index in [9.17, 15) is 10.1 Å². The van der Waals surface area contributed by atoms with Gasteiger partial charge in [0.1, 0.15) is 0 Å². The average molecular weight is 250 g/mol. The molecule has 4 nitrogen and oxygen atoms in total. The SMILES string of the molecule is O=[N+]([O-])c1cc(-c2ccccc2)nc2ccccc12. The van der Waals surface area contributed by atoms with Gasteiger partial charge in [0.05, 0.1) is 21.5 Å². The Bertz CT molecular complexity index is 754. The molecule has 0 fully saturated rings. The molecule has 0 atom stereocenters. The third-order valence-corrected chi connectivity index (χ3v) is 2.96. The quantitative estimate of drug-likeness (QED) is 0.513. The Labute approximate surface area is 109 Å². The van der Waals surface area contributed by atoms with Gasteiger partial charge in [0.15, 0.2) is 0 Å². The van der Waals surface area contributed by atoms with Gasteiger partial charge in [-0.05, 0) is 12.1 Å².